The third-order valence-electron chi connectivity index (χ3n) is 2.31. The molecule has 18 heavy (non-hydrogen) atoms. The first kappa shape index (κ1) is 14.6. The number of carbonyl (C=O) groups is 1. The predicted molar refractivity (Wildman–Crippen MR) is 74.3 cm³/mol. The zero-order valence-corrected chi connectivity index (χ0v) is 12.5. The maximum absolute atomic E-state index is 14.0. The SMILES string of the molecule is CC(=O)/C(F)=C(\O[Si](C)(C)C)c1ccccc1C. The van der Waals surface area contributed by atoms with Crippen LogP contribution in [-0.4, -0.2) is 14.1 Å². The molecule has 0 aliphatic rings. The topological polar surface area (TPSA) is 26.3 Å². The lowest BCUT2D eigenvalue weighted by Gasteiger charge is -2.23. The van der Waals surface area contributed by atoms with Crippen LogP contribution in [0.3, 0.4) is 0 Å². The van der Waals surface area contributed by atoms with E-state index < -0.39 is 19.9 Å². The average Bonchev–Trinajstić information content (AvgIpc) is 2.24. The molecule has 0 atom stereocenters. The monoisotopic (exact) mass is 266 g/mol. The normalized spacial score (nSPS) is 13.0. The quantitative estimate of drug-likeness (QED) is 0.466. The number of rotatable bonds is 4. The minimum absolute atomic E-state index is 0.0831. The van der Waals surface area contributed by atoms with Crippen molar-refractivity contribution >= 4 is 19.9 Å². The molecule has 1 rings (SSSR count). The van der Waals surface area contributed by atoms with E-state index in [-0.39, 0.29) is 5.76 Å². The first-order valence-corrected chi connectivity index (χ1v) is 9.29. The number of carbonyl (C=O) groups excluding carboxylic acids is 1. The highest BCUT2D eigenvalue weighted by molar-refractivity contribution is 6.70. The van der Waals surface area contributed by atoms with Gasteiger partial charge >= 0.3 is 0 Å². The fourth-order valence-corrected chi connectivity index (χ4v) is 2.32. The summed E-state index contributed by atoms with van der Waals surface area (Å²) in [4.78, 5) is 11.3. The van der Waals surface area contributed by atoms with Crippen molar-refractivity contribution in [3.63, 3.8) is 0 Å². The standard InChI is InChI=1S/C14H19FO2Si/c1-10-8-6-7-9-12(10)14(13(15)11(2)16)17-18(3,4)5/h6-9H,1-5H3/b14-13+. The van der Waals surface area contributed by atoms with Crippen LogP contribution in [-0.2, 0) is 9.22 Å². The van der Waals surface area contributed by atoms with Gasteiger partial charge in [-0.15, -0.1) is 0 Å². The minimum Gasteiger partial charge on any atom is -0.542 e. The average molecular weight is 266 g/mol. The Bertz CT molecular complexity index is 487. The smallest absolute Gasteiger partial charge is 0.242 e. The molecule has 0 saturated carbocycles. The second-order valence-electron chi connectivity index (χ2n) is 5.23. The molecule has 98 valence electrons. The number of ketones is 1. The molecule has 0 bridgehead atoms. The van der Waals surface area contributed by atoms with E-state index in [9.17, 15) is 9.18 Å². The van der Waals surface area contributed by atoms with Crippen LogP contribution in [0.1, 0.15) is 18.1 Å². The van der Waals surface area contributed by atoms with Gasteiger partial charge in [-0.1, -0.05) is 24.3 Å². The van der Waals surface area contributed by atoms with E-state index in [4.69, 9.17) is 4.43 Å². The van der Waals surface area contributed by atoms with Gasteiger partial charge in [0.05, 0.1) is 0 Å². The minimum atomic E-state index is -1.98. The Labute approximate surface area is 109 Å². The Kier molecular flexibility index (Phi) is 4.46. The zero-order valence-electron chi connectivity index (χ0n) is 11.5. The first-order chi connectivity index (χ1) is 8.22. The third-order valence-corrected chi connectivity index (χ3v) is 3.12. The van der Waals surface area contributed by atoms with Crippen LogP contribution in [0.4, 0.5) is 4.39 Å². The van der Waals surface area contributed by atoms with Crippen molar-refractivity contribution in [3.8, 4) is 0 Å². The molecule has 0 aliphatic heterocycles. The first-order valence-electron chi connectivity index (χ1n) is 5.88. The van der Waals surface area contributed by atoms with Crippen LogP contribution in [0.2, 0.25) is 19.6 Å². The van der Waals surface area contributed by atoms with Gasteiger partial charge < -0.3 is 4.43 Å². The van der Waals surface area contributed by atoms with Crippen molar-refractivity contribution in [3.05, 3.63) is 41.2 Å². The summed E-state index contributed by atoms with van der Waals surface area (Å²) in [5, 5.41) is 0. The molecule has 0 amide bonds. The summed E-state index contributed by atoms with van der Waals surface area (Å²) in [6.07, 6.45) is 0. The van der Waals surface area contributed by atoms with Crippen molar-refractivity contribution in [2.75, 3.05) is 0 Å². The third kappa shape index (κ3) is 3.80. The Morgan fingerprint density at radius 1 is 1.22 bits per heavy atom. The highest BCUT2D eigenvalue weighted by Crippen LogP contribution is 2.28. The van der Waals surface area contributed by atoms with Crippen molar-refractivity contribution < 1.29 is 13.6 Å². The van der Waals surface area contributed by atoms with E-state index in [1.54, 1.807) is 6.07 Å². The summed E-state index contributed by atoms with van der Waals surface area (Å²) >= 11 is 0. The van der Waals surface area contributed by atoms with Gasteiger partial charge in [0.2, 0.25) is 14.1 Å². The van der Waals surface area contributed by atoms with Gasteiger partial charge in [0, 0.05) is 12.5 Å². The number of hydrogen-bond acceptors (Lipinski definition) is 2. The van der Waals surface area contributed by atoms with Gasteiger partial charge in [-0.25, -0.2) is 0 Å². The lowest BCUT2D eigenvalue weighted by atomic mass is 10.1. The maximum Gasteiger partial charge on any atom is 0.242 e. The van der Waals surface area contributed by atoms with Crippen molar-refractivity contribution in [2.45, 2.75) is 33.5 Å². The molecule has 0 aromatic heterocycles. The van der Waals surface area contributed by atoms with E-state index in [0.717, 1.165) is 5.56 Å². The fourth-order valence-electron chi connectivity index (χ4n) is 1.51. The Morgan fingerprint density at radius 3 is 2.22 bits per heavy atom. The van der Waals surface area contributed by atoms with Gasteiger partial charge in [-0.05, 0) is 32.1 Å². The van der Waals surface area contributed by atoms with Crippen molar-refractivity contribution in [1.29, 1.82) is 0 Å². The van der Waals surface area contributed by atoms with Crippen LogP contribution in [0.15, 0.2) is 30.1 Å². The maximum atomic E-state index is 14.0. The molecule has 0 spiro atoms. The largest absolute Gasteiger partial charge is 0.542 e. The van der Waals surface area contributed by atoms with Crippen LogP contribution < -0.4 is 0 Å². The van der Waals surface area contributed by atoms with Gasteiger partial charge in [0.25, 0.3) is 0 Å². The van der Waals surface area contributed by atoms with Crippen LogP contribution in [0.5, 0.6) is 0 Å². The van der Waals surface area contributed by atoms with Crippen molar-refractivity contribution in [1.82, 2.24) is 0 Å². The van der Waals surface area contributed by atoms with Crippen molar-refractivity contribution in [2.24, 2.45) is 0 Å². The lowest BCUT2D eigenvalue weighted by molar-refractivity contribution is -0.114. The number of hydrogen-bond donors (Lipinski definition) is 0. The number of benzene rings is 1. The van der Waals surface area contributed by atoms with Gasteiger partial charge in [-0.3, -0.25) is 4.79 Å². The summed E-state index contributed by atoms with van der Waals surface area (Å²) in [6.45, 7) is 8.95. The lowest BCUT2D eigenvalue weighted by Crippen LogP contribution is -2.25. The molecule has 0 aliphatic carbocycles. The van der Waals surface area contributed by atoms with E-state index in [0.29, 0.717) is 5.56 Å². The van der Waals surface area contributed by atoms with Gasteiger partial charge in [0.15, 0.2) is 11.5 Å². The molecule has 1 aromatic rings. The number of halogens is 1. The molecule has 0 unspecified atom stereocenters. The second-order valence-corrected chi connectivity index (χ2v) is 9.66. The van der Waals surface area contributed by atoms with Gasteiger partial charge in [-0.2, -0.15) is 4.39 Å². The van der Waals surface area contributed by atoms with Crippen LogP contribution >= 0.6 is 0 Å². The molecule has 0 N–H and O–H groups in total. The summed E-state index contributed by atoms with van der Waals surface area (Å²) in [5.74, 6) is -1.32. The molecular formula is C14H19FO2Si. The number of allylic oxidation sites excluding steroid dienone is 1. The molecule has 1 aromatic carbocycles. The van der Waals surface area contributed by atoms with E-state index in [1.165, 1.54) is 6.92 Å². The Hall–Kier alpha value is -1.42. The predicted octanol–water partition coefficient (Wildman–Crippen LogP) is 4.07. The highest BCUT2D eigenvalue weighted by atomic mass is 28.4. The summed E-state index contributed by atoms with van der Waals surface area (Å²) in [5.41, 5.74) is 1.54. The Balaban J connectivity index is 3.36. The van der Waals surface area contributed by atoms with E-state index in [2.05, 4.69) is 0 Å². The van der Waals surface area contributed by atoms with Crippen LogP contribution in [0, 0.1) is 6.92 Å². The molecular weight excluding hydrogens is 247 g/mol. The molecule has 0 fully saturated rings. The zero-order chi connectivity index (χ0) is 13.9. The van der Waals surface area contributed by atoms with Gasteiger partial charge in [0.1, 0.15) is 0 Å². The molecule has 0 saturated heterocycles. The summed E-state index contributed by atoms with van der Waals surface area (Å²) in [7, 11) is -1.98. The molecule has 0 heterocycles. The molecule has 0 radical (unpaired) electrons. The summed E-state index contributed by atoms with van der Waals surface area (Å²) in [6, 6.07) is 7.32. The van der Waals surface area contributed by atoms with E-state index in [1.807, 2.05) is 44.8 Å². The Morgan fingerprint density at radius 2 is 1.78 bits per heavy atom. The highest BCUT2D eigenvalue weighted by Gasteiger charge is 2.24. The number of Topliss-reactive ketones (excluding diaryl/α,β-unsaturated/α-hetero) is 1. The number of aryl methyl sites for hydroxylation is 1. The molecule has 2 nitrogen and oxygen atoms in total. The molecule has 4 heteroatoms. The summed E-state index contributed by atoms with van der Waals surface area (Å²) < 4.78 is 19.8. The second kappa shape index (κ2) is 5.48. The fraction of sp³-hybridized carbons (Fsp3) is 0.357. The van der Waals surface area contributed by atoms with E-state index >= 15 is 0 Å². The van der Waals surface area contributed by atoms with Crippen LogP contribution in [0.25, 0.3) is 5.76 Å².